The molecule has 0 bridgehead atoms. The SMILES string of the molecule is O=C(O)c1cc(F)c(F)cc1C(=O)NC1(C(F)(F)F)CC1. The van der Waals surface area contributed by atoms with Crippen LogP contribution in [-0.4, -0.2) is 28.7 Å². The number of carboxylic acid groups (broad SMARTS) is 1. The molecule has 0 unspecified atom stereocenters. The van der Waals surface area contributed by atoms with Gasteiger partial charge in [0.1, 0.15) is 5.54 Å². The zero-order chi connectivity index (χ0) is 16.0. The summed E-state index contributed by atoms with van der Waals surface area (Å²) in [5.74, 6) is -6.21. The van der Waals surface area contributed by atoms with Crippen LogP contribution in [0.15, 0.2) is 12.1 Å². The standard InChI is InChI=1S/C12H8F5NO3/c13-7-3-5(6(10(20)21)4-8(7)14)9(19)18-11(1-2-11)12(15,16)17/h3-4H,1-2H2,(H,18,19)(H,20,21). The lowest BCUT2D eigenvalue weighted by Crippen LogP contribution is -2.48. The Hall–Kier alpha value is -2.19. The van der Waals surface area contributed by atoms with E-state index in [1.54, 1.807) is 5.32 Å². The van der Waals surface area contributed by atoms with E-state index in [1.807, 2.05) is 0 Å². The van der Waals surface area contributed by atoms with Crippen LogP contribution in [0, 0.1) is 11.6 Å². The summed E-state index contributed by atoms with van der Waals surface area (Å²) < 4.78 is 64.2. The van der Waals surface area contributed by atoms with Crippen LogP contribution >= 0.6 is 0 Å². The molecule has 1 aromatic rings. The van der Waals surface area contributed by atoms with E-state index in [2.05, 4.69) is 0 Å². The number of hydrogen-bond acceptors (Lipinski definition) is 2. The highest BCUT2D eigenvalue weighted by Crippen LogP contribution is 2.49. The van der Waals surface area contributed by atoms with Gasteiger partial charge in [-0.3, -0.25) is 4.79 Å². The molecule has 0 heterocycles. The summed E-state index contributed by atoms with van der Waals surface area (Å²) >= 11 is 0. The van der Waals surface area contributed by atoms with Gasteiger partial charge in [-0.15, -0.1) is 0 Å². The molecule has 0 atom stereocenters. The number of alkyl halides is 3. The van der Waals surface area contributed by atoms with E-state index < -0.39 is 46.4 Å². The van der Waals surface area contributed by atoms with E-state index in [-0.39, 0.29) is 25.0 Å². The molecular weight excluding hydrogens is 301 g/mol. The van der Waals surface area contributed by atoms with E-state index in [1.165, 1.54) is 0 Å². The summed E-state index contributed by atoms with van der Waals surface area (Å²) in [4.78, 5) is 22.6. The van der Waals surface area contributed by atoms with Crippen LogP contribution in [-0.2, 0) is 0 Å². The summed E-state index contributed by atoms with van der Waals surface area (Å²) in [6.45, 7) is 0. The Bertz CT molecular complexity index is 622. The van der Waals surface area contributed by atoms with Crippen molar-refractivity contribution in [2.24, 2.45) is 0 Å². The molecule has 9 heteroatoms. The Labute approximate surface area is 114 Å². The van der Waals surface area contributed by atoms with Gasteiger partial charge >= 0.3 is 12.1 Å². The first-order chi connectivity index (χ1) is 9.57. The van der Waals surface area contributed by atoms with Crippen molar-refractivity contribution >= 4 is 11.9 Å². The Kier molecular flexibility index (Phi) is 3.38. The molecule has 114 valence electrons. The first-order valence-corrected chi connectivity index (χ1v) is 5.69. The lowest BCUT2D eigenvalue weighted by atomic mass is 10.1. The number of benzene rings is 1. The summed E-state index contributed by atoms with van der Waals surface area (Å²) in [5, 5.41) is 10.5. The predicted octanol–water partition coefficient (Wildman–Crippen LogP) is 2.49. The molecule has 1 aliphatic rings. The van der Waals surface area contributed by atoms with Gasteiger partial charge < -0.3 is 10.4 Å². The molecule has 1 aromatic carbocycles. The van der Waals surface area contributed by atoms with Crippen LogP contribution < -0.4 is 5.32 Å². The van der Waals surface area contributed by atoms with E-state index in [0.717, 1.165) is 0 Å². The van der Waals surface area contributed by atoms with Crippen LogP contribution in [0.25, 0.3) is 0 Å². The van der Waals surface area contributed by atoms with E-state index in [0.29, 0.717) is 0 Å². The van der Waals surface area contributed by atoms with Crippen LogP contribution in [0.5, 0.6) is 0 Å². The molecule has 1 aliphatic carbocycles. The fraction of sp³-hybridized carbons (Fsp3) is 0.333. The highest BCUT2D eigenvalue weighted by molar-refractivity contribution is 6.05. The molecule has 0 saturated heterocycles. The smallest absolute Gasteiger partial charge is 0.411 e. The van der Waals surface area contributed by atoms with Crippen molar-refractivity contribution in [3.8, 4) is 0 Å². The third kappa shape index (κ3) is 2.67. The molecule has 21 heavy (non-hydrogen) atoms. The maximum Gasteiger partial charge on any atom is 0.411 e. The van der Waals surface area contributed by atoms with Crippen LogP contribution in [0.3, 0.4) is 0 Å². The molecule has 1 amide bonds. The fourth-order valence-corrected chi connectivity index (χ4v) is 1.80. The van der Waals surface area contributed by atoms with Gasteiger partial charge in [-0.25, -0.2) is 13.6 Å². The lowest BCUT2D eigenvalue weighted by molar-refractivity contribution is -0.163. The number of aromatic carboxylic acids is 1. The van der Waals surface area contributed by atoms with Gasteiger partial charge in [-0.05, 0) is 25.0 Å². The second-order valence-corrected chi connectivity index (χ2v) is 4.65. The highest BCUT2D eigenvalue weighted by Gasteiger charge is 2.64. The highest BCUT2D eigenvalue weighted by atomic mass is 19.4. The van der Waals surface area contributed by atoms with E-state index in [4.69, 9.17) is 5.11 Å². The van der Waals surface area contributed by atoms with Gasteiger partial charge in [-0.1, -0.05) is 0 Å². The molecule has 1 fully saturated rings. The quantitative estimate of drug-likeness (QED) is 0.843. The molecule has 0 aliphatic heterocycles. The first-order valence-electron chi connectivity index (χ1n) is 5.69. The van der Waals surface area contributed by atoms with E-state index in [9.17, 15) is 31.5 Å². The molecule has 4 nitrogen and oxygen atoms in total. The number of nitrogens with one attached hydrogen (secondary N) is 1. The van der Waals surface area contributed by atoms with Gasteiger partial charge in [0.15, 0.2) is 11.6 Å². The average molecular weight is 309 g/mol. The van der Waals surface area contributed by atoms with Gasteiger partial charge in [0.2, 0.25) is 0 Å². The lowest BCUT2D eigenvalue weighted by Gasteiger charge is -2.21. The van der Waals surface area contributed by atoms with Crippen molar-refractivity contribution in [3.05, 3.63) is 34.9 Å². The van der Waals surface area contributed by atoms with Crippen molar-refractivity contribution in [1.82, 2.24) is 5.32 Å². The fourth-order valence-electron chi connectivity index (χ4n) is 1.80. The van der Waals surface area contributed by atoms with Gasteiger partial charge in [0.05, 0.1) is 11.1 Å². The van der Waals surface area contributed by atoms with Crippen molar-refractivity contribution < 1.29 is 36.6 Å². The maximum atomic E-state index is 13.1. The normalized spacial score (nSPS) is 16.4. The van der Waals surface area contributed by atoms with Crippen molar-refractivity contribution in [3.63, 3.8) is 0 Å². The van der Waals surface area contributed by atoms with Gasteiger partial charge in [0, 0.05) is 0 Å². The Morgan fingerprint density at radius 2 is 1.57 bits per heavy atom. The minimum Gasteiger partial charge on any atom is -0.478 e. The average Bonchev–Trinajstić information content (AvgIpc) is 3.12. The Morgan fingerprint density at radius 1 is 1.10 bits per heavy atom. The molecule has 0 radical (unpaired) electrons. The van der Waals surface area contributed by atoms with Crippen LogP contribution in [0.2, 0.25) is 0 Å². The number of carbonyl (C=O) groups excluding carboxylic acids is 1. The maximum absolute atomic E-state index is 13.1. The molecule has 2 N–H and O–H groups in total. The zero-order valence-electron chi connectivity index (χ0n) is 10.2. The second kappa shape index (κ2) is 4.68. The molecule has 0 aromatic heterocycles. The van der Waals surface area contributed by atoms with Gasteiger partial charge in [0.25, 0.3) is 5.91 Å². The topological polar surface area (TPSA) is 66.4 Å². The van der Waals surface area contributed by atoms with Crippen LogP contribution in [0.1, 0.15) is 33.6 Å². The minimum absolute atomic E-state index is 0.250. The summed E-state index contributed by atoms with van der Waals surface area (Å²) in [7, 11) is 0. The number of amides is 1. The first kappa shape index (κ1) is 15.2. The minimum atomic E-state index is -4.70. The van der Waals surface area contributed by atoms with Crippen LogP contribution in [0.4, 0.5) is 22.0 Å². The molecule has 2 rings (SSSR count). The number of rotatable bonds is 3. The van der Waals surface area contributed by atoms with Crippen molar-refractivity contribution in [2.45, 2.75) is 24.6 Å². The zero-order valence-corrected chi connectivity index (χ0v) is 10.2. The van der Waals surface area contributed by atoms with Crippen molar-refractivity contribution in [1.29, 1.82) is 0 Å². The summed E-state index contributed by atoms with van der Waals surface area (Å²) in [5.41, 5.74) is -4.20. The summed E-state index contributed by atoms with van der Waals surface area (Å²) in [6, 6.07) is 0.514. The third-order valence-electron chi connectivity index (χ3n) is 3.18. The molecular formula is C12H8F5NO3. The summed E-state index contributed by atoms with van der Waals surface area (Å²) in [6.07, 6.45) is -5.41. The number of halogens is 5. The second-order valence-electron chi connectivity index (χ2n) is 4.65. The van der Waals surface area contributed by atoms with E-state index >= 15 is 0 Å². The largest absolute Gasteiger partial charge is 0.478 e. The monoisotopic (exact) mass is 309 g/mol. The van der Waals surface area contributed by atoms with Crippen molar-refractivity contribution in [2.75, 3.05) is 0 Å². The van der Waals surface area contributed by atoms with Gasteiger partial charge in [-0.2, -0.15) is 13.2 Å². The Morgan fingerprint density at radius 3 is 1.95 bits per heavy atom. The number of carboxylic acids is 1. The number of hydrogen-bond donors (Lipinski definition) is 2. The number of carbonyl (C=O) groups is 2. The molecule has 0 spiro atoms. The Balaban J connectivity index is 2.36. The molecule has 1 saturated carbocycles. The predicted molar refractivity (Wildman–Crippen MR) is 58.8 cm³/mol. The third-order valence-corrected chi connectivity index (χ3v) is 3.18.